The van der Waals surface area contributed by atoms with E-state index in [0.29, 0.717) is 12.8 Å². The van der Waals surface area contributed by atoms with Crippen molar-refractivity contribution in [3.8, 4) is 0 Å². The predicted octanol–water partition coefficient (Wildman–Crippen LogP) is 1.45. The van der Waals surface area contributed by atoms with Crippen LogP contribution in [-0.4, -0.2) is 51.3 Å². The molecule has 7 heteroatoms. The zero-order valence-electron chi connectivity index (χ0n) is 12.1. The van der Waals surface area contributed by atoms with Crippen LogP contribution >= 0.6 is 0 Å². The molecule has 3 heterocycles. The number of imidazole rings is 1. The molecule has 108 valence electrons. The van der Waals surface area contributed by atoms with Gasteiger partial charge in [-0.3, -0.25) is 9.47 Å². The molecular weight excluding hydrogens is 256 g/mol. The van der Waals surface area contributed by atoms with E-state index in [1.54, 1.807) is 12.7 Å². The zero-order chi connectivity index (χ0) is 14.1. The average molecular weight is 276 g/mol. The van der Waals surface area contributed by atoms with E-state index in [1.165, 1.54) is 0 Å². The number of nitrogens with zero attached hydrogens (tertiary/aromatic N) is 5. The molecule has 1 saturated heterocycles. The Morgan fingerprint density at radius 1 is 1.35 bits per heavy atom. The summed E-state index contributed by atoms with van der Waals surface area (Å²) in [5.41, 5.74) is 1.61. The van der Waals surface area contributed by atoms with Gasteiger partial charge in [-0.15, -0.1) is 0 Å². The van der Waals surface area contributed by atoms with Gasteiger partial charge in [0, 0.05) is 0 Å². The summed E-state index contributed by atoms with van der Waals surface area (Å²) in [5.74, 6) is 0.758. The lowest BCUT2D eigenvalue weighted by Crippen LogP contribution is -2.21. The van der Waals surface area contributed by atoms with Crippen molar-refractivity contribution in [1.29, 1.82) is 0 Å². The Balaban J connectivity index is 1.91. The van der Waals surface area contributed by atoms with Crippen LogP contribution in [0.3, 0.4) is 0 Å². The van der Waals surface area contributed by atoms with E-state index in [-0.39, 0.29) is 6.23 Å². The molecule has 7 nitrogen and oxygen atoms in total. The third-order valence-electron chi connectivity index (χ3n) is 3.44. The minimum atomic E-state index is 0.0339. The third-order valence-corrected chi connectivity index (χ3v) is 3.44. The number of hydrogen-bond acceptors (Lipinski definition) is 6. The van der Waals surface area contributed by atoms with Gasteiger partial charge in [-0.2, -0.15) is 0 Å². The van der Waals surface area contributed by atoms with Crippen LogP contribution in [0.4, 0.5) is 5.82 Å². The first-order valence-corrected chi connectivity index (χ1v) is 6.86. The van der Waals surface area contributed by atoms with Gasteiger partial charge in [-0.1, -0.05) is 0 Å². The minimum absolute atomic E-state index is 0.0339. The first-order valence-electron chi connectivity index (χ1n) is 6.86. The van der Waals surface area contributed by atoms with Crippen LogP contribution in [0.15, 0.2) is 12.7 Å². The summed E-state index contributed by atoms with van der Waals surface area (Å²) in [6.45, 7) is 2.80. The van der Waals surface area contributed by atoms with Crippen molar-refractivity contribution in [2.24, 2.45) is 0 Å². The fraction of sp³-hybridized carbons (Fsp3) is 0.615. The van der Waals surface area contributed by atoms with E-state index >= 15 is 0 Å². The number of nitrogens with one attached hydrogen (secondary N) is 1. The molecule has 1 fully saturated rings. The molecule has 3 rings (SSSR count). The van der Waals surface area contributed by atoms with Crippen LogP contribution in [0.1, 0.15) is 26.0 Å². The molecule has 0 saturated carbocycles. The molecule has 0 bridgehead atoms. The van der Waals surface area contributed by atoms with Crippen molar-refractivity contribution >= 4 is 17.0 Å². The normalized spacial score (nSPS) is 22.8. The summed E-state index contributed by atoms with van der Waals surface area (Å²) >= 11 is 0. The van der Waals surface area contributed by atoms with Gasteiger partial charge >= 0.3 is 0 Å². The Labute approximate surface area is 118 Å². The van der Waals surface area contributed by atoms with Crippen molar-refractivity contribution < 1.29 is 4.74 Å². The van der Waals surface area contributed by atoms with Crippen LogP contribution in [0, 0.1) is 0 Å². The molecule has 2 unspecified atom stereocenters. The lowest BCUT2D eigenvalue weighted by molar-refractivity contribution is 0.0131. The van der Waals surface area contributed by atoms with E-state index in [2.05, 4.69) is 27.2 Å². The summed E-state index contributed by atoms with van der Waals surface area (Å²) in [6.07, 6.45) is 5.76. The highest BCUT2D eigenvalue weighted by molar-refractivity contribution is 5.82. The molecule has 0 aromatic carbocycles. The average Bonchev–Trinajstić information content (AvgIpc) is 3.02. The van der Waals surface area contributed by atoms with Gasteiger partial charge in [0.2, 0.25) is 0 Å². The molecular formula is C13H20N6O. The zero-order valence-corrected chi connectivity index (χ0v) is 12.1. The maximum absolute atomic E-state index is 5.89. The Hall–Kier alpha value is -1.73. The summed E-state index contributed by atoms with van der Waals surface area (Å²) in [4.78, 5) is 15.1. The van der Waals surface area contributed by atoms with Crippen LogP contribution in [-0.2, 0) is 4.74 Å². The van der Waals surface area contributed by atoms with Crippen molar-refractivity contribution in [2.75, 3.05) is 26.1 Å². The van der Waals surface area contributed by atoms with Gasteiger partial charge in [0.15, 0.2) is 17.0 Å². The summed E-state index contributed by atoms with van der Waals surface area (Å²) in [7, 11) is 4.00. The highest BCUT2D eigenvalue weighted by Gasteiger charge is 2.25. The molecule has 2 aromatic rings. The quantitative estimate of drug-likeness (QED) is 0.853. The molecule has 1 aliphatic heterocycles. The lowest BCUT2D eigenvalue weighted by Gasteiger charge is -2.14. The summed E-state index contributed by atoms with van der Waals surface area (Å²) in [5, 5.41) is 3.26. The van der Waals surface area contributed by atoms with Gasteiger partial charge in [-0.25, -0.2) is 15.0 Å². The van der Waals surface area contributed by atoms with Crippen LogP contribution < -0.4 is 5.32 Å². The van der Waals surface area contributed by atoms with Crippen molar-refractivity contribution in [1.82, 2.24) is 24.4 Å². The van der Waals surface area contributed by atoms with Gasteiger partial charge < -0.3 is 10.1 Å². The number of hydrogen-bond donors (Lipinski definition) is 1. The van der Waals surface area contributed by atoms with Crippen molar-refractivity contribution in [2.45, 2.75) is 32.1 Å². The fourth-order valence-corrected chi connectivity index (χ4v) is 2.41. The predicted molar refractivity (Wildman–Crippen MR) is 76.3 cm³/mol. The molecule has 20 heavy (non-hydrogen) atoms. The highest BCUT2D eigenvalue weighted by Crippen LogP contribution is 2.30. The molecule has 0 aliphatic carbocycles. The SMILES string of the molecule is CC1CCC(n2cnc3c(NCN(C)C)ncnc32)O1. The fourth-order valence-electron chi connectivity index (χ4n) is 2.41. The van der Waals surface area contributed by atoms with Crippen LogP contribution in [0.5, 0.6) is 0 Å². The monoisotopic (exact) mass is 276 g/mol. The Morgan fingerprint density at radius 3 is 2.90 bits per heavy atom. The van der Waals surface area contributed by atoms with Gasteiger partial charge in [0.1, 0.15) is 12.6 Å². The second-order valence-electron chi connectivity index (χ2n) is 5.44. The van der Waals surface area contributed by atoms with Gasteiger partial charge in [0.25, 0.3) is 0 Å². The first kappa shape index (κ1) is 13.3. The molecule has 0 spiro atoms. The molecule has 0 amide bonds. The maximum atomic E-state index is 5.89. The van der Waals surface area contributed by atoms with Crippen LogP contribution in [0.2, 0.25) is 0 Å². The van der Waals surface area contributed by atoms with E-state index in [1.807, 2.05) is 23.6 Å². The Morgan fingerprint density at radius 2 is 2.20 bits per heavy atom. The van der Waals surface area contributed by atoms with E-state index in [9.17, 15) is 0 Å². The maximum Gasteiger partial charge on any atom is 0.167 e. The Bertz CT molecular complexity index is 596. The topological polar surface area (TPSA) is 68.1 Å². The molecule has 1 aliphatic rings. The molecule has 1 N–H and O–H groups in total. The number of aromatic nitrogens is 4. The largest absolute Gasteiger partial charge is 0.355 e. The number of fused-ring (bicyclic) bond motifs is 1. The summed E-state index contributed by atoms with van der Waals surface area (Å²) < 4.78 is 7.89. The lowest BCUT2D eigenvalue weighted by atomic mass is 10.2. The second kappa shape index (κ2) is 5.34. The minimum Gasteiger partial charge on any atom is -0.355 e. The van der Waals surface area contributed by atoms with Crippen molar-refractivity contribution in [3.63, 3.8) is 0 Å². The van der Waals surface area contributed by atoms with E-state index < -0.39 is 0 Å². The standard InChI is InChI=1S/C13H20N6O/c1-9-4-5-10(20-9)19-8-16-11-12(17-7-18(2)3)14-6-15-13(11)19/h6,8-10H,4-5,7H2,1-3H3,(H,14,15,17). The van der Waals surface area contributed by atoms with Gasteiger partial charge in [0.05, 0.1) is 19.1 Å². The van der Waals surface area contributed by atoms with Crippen molar-refractivity contribution in [3.05, 3.63) is 12.7 Å². The number of anilines is 1. The molecule has 2 atom stereocenters. The smallest absolute Gasteiger partial charge is 0.167 e. The number of ether oxygens (including phenoxy) is 1. The van der Waals surface area contributed by atoms with E-state index in [0.717, 1.165) is 29.8 Å². The second-order valence-corrected chi connectivity index (χ2v) is 5.44. The highest BCUT2D eigenvalue weighted by atomic mass is 16.5. The van der Waals surface area contributed by atoms with Gasteiger partial charge in [-0.05, 0) is 33.9 Å². The third kappa shape index (κ3) is 2.46. The number of rotatable bonds is 4. The Kier molecular flexibility index (Phi) is 3.54. The molecule has 2 aromatic heterocycles. The van der Waals surface area contributed by atoms with E-state index in [4.69, 9.17) is 4.74 Å². The van der Waals surface area contributed by atoms with Crippen LogP contribution in [0.25, 0.3) is 11.2 Å². The first-order chi connectivity index (χ1) is 9.65. The summed E-state index contributed by atoms with van der Waals surface area (Å²) in [6, 6.07) is 0. The molecule has 0 radical (unpaired) electrons.